The summed E-state index contributed by atoms with van der Waals surface area (Å²) in [6, 6.07) is 15.3. The molecule has 0 radical (unpaired) electrons. The van der Waals surface area contributed by atoms with Gasteiger partial charge >= 0.3 is 5.97 Å². The first-order valence-corrected chi connectivity index (χ1v) is 8.03. The van der Waals surface area contributed by atoms with Gasteiger partial charge in [0.05, 0.1) is 24.1 Å². The van der Waals surface area contributed by atoms with Crippen molar-refractivity contribution in [3.8, 4) is 5.88 Å². The monoisotopic (exact) mass is 344 g/mol. The van der Waals surface area contributed by atoms with Crippen LogP contribution in [0.3, 0.4) is 0 Å². The molecule has 0 atom stereocenters. The molecule has 5 nitrogen and oxygen atoms in total. The van der Waals surface area contributed by atoms with Gasteiger partial charge in [-0.15, -0.1) is 5.10 Å². The number of aromatic nitrogens is 2. The maximum absolute atomic E-state index is 11.5. The van der Waals surface area contributed by atoms with Gasteiger partial charge in [-0.25, -0.2) is 4.79 Å². The van der Waals surface area contributed by atoms with Gasteiger partial charge in [0, 0.05) is 5.02 Å². The van der Waals surface area contributed by atoms with Gasteiger partial charge in [-0.05, 0) is 36.8 Å². The number of hydrogen-bond donors (Lipinski definition) is 0. The van der Waals surface area contributed by atoms with E-state index in [1.54, 1.807) is 6.92 Å². The summed E-state index contributed by atoms with van der Waals surface area (Å²) in [4.78, 5) is 11.5. The molecule has 0 N–H and O–H groups in total. The fourth-order valence-electron chi connectivity index (χ4n) is 2.46. The molecular formula is C18H17ClN2O3. The van der Waals surface area contributed by atoms with E-state index < -0.39 is 5.97 Å². The van der Waals surface area contributed by atoms with Gasteiger partial charge in [-0.2, -0.15) is 0 Å². The number of para-hydroxylation sites is 1. The Labute approximate surface area is 144 Å². The number of hydrogen-bond acceptors (Lipinski definition) is 4. The number of carbonyl (C=O) groups excluding carboxylic acids is 1. The Morgan fingerprint density at radius 3 is 2.83 bits per heavy atom. The van der Waals surface area contributed by atoms with Crippen LogP contribution in [0.5, 0.6) is 5.88 Å². The molecule has 0 unspecified atom stereocenters. The highest BCUT2D eigenvalue weighted by Crippen LogP contribution is 2.25. The number of esters is 1. The van der Waals surface area contributed by atoms with E-state index >= 15 is 0 Å². The maximum Gasteiger partial charge on any atom is 0.344 e. The van der Waals surface area contributed by atoms with E-state index in [1.807, 2.05) is 53.2 Å². The predicted octanol–water partition coefficient (Wildman–Crippen LogP) is 3.68. The summed E-state index contributed by atoms with van der Waals surface area (Å²) in [5.74, 6) is 0.00616. The normalized spacial score (nSPS) is 10.8. The van der Waals surface area contributed by atoms with Gasteiger partial charge in [0.1, 0.15) is 0 Å². The van der Waals surface area contributed by atoms with Crippen LogP contribution < -0.4 is 4.74 Å². The highest BCUT2D eigenvalue weighted by atomic mass is 35.5. The summed E-state index contributed by atoms with van der Waals surface area (Å²) >= 11 is 6.04. The lowest BCUT2D eigenvalue weighted by atomic mass is 10.2. The Balaban J connectivity index is 1.87. The van der Waals surface area contributed by atoms with Crippen molar-refractivity contribution in [2.45, 2.75) is 13.5 Å². The molecule has 0 aliphatic carbocycles. The lowest BCUT2D eigenvalue weighted by Gasteiger charge is -2.04. The van der Waals surface area contributed by atoms with Gasteiger partial charge in [-0.1, -0.05) is 35.9 Å². The van der Waals surface area contributed by atoms with Crippen LogP contribution in [-0.2, 0) is 16.1 Å². The Kier molecular flexibility index (Phi) is 5.01. The molecule has 0 saturated heterocycles. The first kappa shape index (κ1) is 16.3. The van der Waals surface area contributed by atoms with Gasteiger partial charge in [0.2, 0.25) is 5.88 Å². The number of rotatable bonds is 6. The Morgan fingerprint density at radius 2 is 2.04 bits per heavy atom. The van der Waals surface area contributed by atoms with Gasteiger partial charge in [-0.3, -0.25) is 4.68 Å². The molecule has 124 valence electrons. The van der Waals surface area contributed by atoms with Crippen molar-refractivity contribution in [2.75, 3.05) is 13.2 Å². The largest absolute Gasteiger partial charge is 0.464 e. The van der Waals surface area contributed by atoms with Crippen LogP contribution in [0.4, 0.5) is 0 Å². The minimum absolute atomic E-state index is 0.161. The fraction of sp³-hybridized carbons (Fsp3) is 0.222. The average molecular weight is 345 g/mol. The zero-order valence-electron chi connectivity index (χ0n) is 13.2. The molecule has 1 aromatic heterocycles. The third-order valence-corrected chi connectivity index (χ3v) is 3.71. The first-order valence-electron chi connectivity index (χ1n) is 7.66. The van der Waals surface area contributed by atoms with E-state index in [9.17, 15) is 4.79 Å². The van der Waals surface area contributed by atoms with E-state index in [0.29, 0.717) is 24.1 Å². The lowest BCUT2D eigenvalue weighted by molar-refractivity contribution is -0.145. The summed E-state index contributed by atoms with van der Waals surface area (Å²) in [7, 11) is 0. The molecule has 3 rings (SSSR count). The van der Waals surface area contributed by atoms with Crippen LogP contribution in [-0.4, -0.2) is 29.0 Å². The zero-order valence-corrected chi connectivity index (χ0v) is 14.0. The molecule has 0 bridgehead atoms. The highest BCUT2D eigenvalue weighted by Gasteiger charge is 2.13. The molecule has 1 heterocycles. The van der Waals surface area contributed by atoms with Crippen LogP contribution in [0, 0.1) is 0 Å². The molecule has 3 aromatic rings. The van der Waals surface area contributed by atoms with E-state index in [0.717, 1.165) is 16.5 Å². The molecule has 0 aliphatic heterocycles. The number of carbonyl (C=O) groups is 1. The van der Waals surface area contributed by atoms with E-state index in [-0.39, 0.29) is 6.61 Å². The average Bonchev–Trinajstić information content (AvgIpc) is 2.91. The van der Waals surface area contributed by atoms with E-state index in [1.165, 1.54) is 0 Å². The third kappa shape index (κ3) is 3.68. The second kappa shape index (κ2) is 7.36. The second-order valence-corrected chi connectivity index (χ2v) is 5.64. The number of fused-ring (bicyclic) bond motifs is 1. The van der Waals surface area contributed by atoms with Crippen molar-refractivity contribution in [1.29, 1.82) is 0 Å². The lowest BCUT2D eigenvalue weighted by Crippen LogP contribution is -2.15. The third-order valence-electron chi connectivity index (χ3n) is 3.48. The quantitative estimate of drug-likeness (QED) is 0.640. The SMILES string of the molecule is CCOC(=O)COc1nn(Cc2cccc(Cl)c2)c2ccccc12. The summed E-state index contributed by atoms with van der Waals surface area (Å²) in [6.07, 6.45) is 0. The van der Waals surface area contributed by atoms with Crippen LogP contribution in [0.1, 0.15) is 12.5 Å². The second-order valence-electron chi connectivity index (χ2n) is 5.20. The topological polar surface area (TPSA) is 53.4 Å². The molecule has 2 aromatic carbocycles. The Hall–Kier alpha value is -2.53. The first-order chi connectivity index (χ1) is 11.7. The fourth-order valence-corrected chi connectivity index (χ4v) is 2.68. The zero-order chi connectivity index (χ0) is 16.9. The molecule has 6 heteroatoms. The smallest absolute Gasteiger partial charge is 0.344 e. The van der Waals surface area contributed by atoms with Crippen molar-refractivity contribution >= 4 is 28.5 Å². The van der Waals surface area contributed by atoms with Crippen molar-refractivity contribution in [3.05, 3.63) is 59.1 Å². The highest BCUT2D eigenvalue weighted by molar-refractivity contribution is 6.30. The van der Waals surface area contributed by atoms with Gasteiger partial charge < -0.3 is 9.47 Å². The van der Waals surface area contributed by atoms with Crippen LogP contribution in [0.25, 0.3) is 10.9 Å². The number of halogens is 1. The van der Waals surface area contributed by atoms with Crippen molar-refractivity contribution in [3.63, 3.8) is 0 Å². The molecule has 24 heavy (non-hydrogen) atoms. The molecule has 0 saturated carbocycles. The molecule has 0 fully saturated rings. The molecular weight excluding hydrogens is 328 g/mol. The van der Waals surface area contributed by atoms with Crippen molar-refractivity contribution in [1.82, 2.24) is 9.78 Å². The minimum atomic E-state index is -0.411. The summed E-state index contributed by atoms with van der Waals surface area (Å²) in [5, 5.41) is 6.02. The molecule has 0 amide bonds. The predicted molar refractivity (Wildman–Crippen MR) is 92.4 cm³/mol. The van der Waals surface area contributed by atoms with Gasteiger partial charge in [0.25, 0.3) is 0 Å². The maximum atomic E-state index is 11.5. The number of nitrogens with zero attached hydrogens (tertiary/aromatic N) is 2. The van der Waals surface area contributed by atoms with E-state index in [4.69, 9.17) is 21.1 Å². The van der Waals surface area contributed by atoms with Crippen LogP contribution in [0.15, 0.2) is 48.5 Å². The minimum Gasteiger partial charge on any atom is -0.464 e. The van der Waals surface area contributed by atoms with Crippen LogP contribution in [0.2, 0.25) is 5.02 Å². The summed E-state index contributed by atoms with van der Waals surface area (Å²) in [5.41, 5.74) is 1.96. The van der Waals surface area contributed by atoms with Crippen molar-refractivity contribution < 1.29 is 14.3 Å². The molecule has 0 spiro atoms. The summed E-state index contributed by atoms with van der Waals surface area (Å²) < 4.78 is 12.3. The molecule has 0 aliphatic rings. The van der Waals surface area contributed by atoms with Gasteiger partial charge in [0.15, 0.2) is 6.61 Å². The number of benzene rings is 2. The Bertz CT molecular complexity index is 860. The van der Waals surface area contributed by atoms with Crippen LogP contribution >= 0.6 is 11.6 Å². The summed E-state index contributed by atoms with van der Waals surface area (Å²) in [6.45, 7) is 2.48. The van der Waals surface area contributed by atoms with Crippen molar-refractivity contribution in [2.24, 2.45) is 0 Å². The Morgan fingerprint density at radius 1 is 1.21 bits per heavy atom. The van der Waals surface area contributed by atoms with E-state index in [2.05, 4.69) is 5.10 Å². The standard InChI is InChI=1S/C18H17ClN2O3/c1-2-23-17(22)12-24-18-15-8-3-4-9-16(15)21(20-18)11-13-6-5-7-14(19)10-13/h3-10H,2,11-12H2,1H3. The number of ether oxygens (including phenoxy) is 2.